The minimum Gasteiger partial charge on any atom is -0.416 e. The van der Waals surface area contributed by atoms with Crippen molar-refractivity contribution in [2.24, 2.45) is 0 Å². The fraction of sp³-hybridized carbons (Fsp3) is 0.143. The molecule has 1 heterocycles. The standard InChI is InChI=1S/C7H4F3NO2/c8-5-1-4(3-12)6(11-2-5)13-7(9)10/h1-3,7H. The Labute approximate surface area is 71.2 Å². The zero-order valence-corrected chi connectivity index (χ0v) is 6.21. The summed E-state index contributed by atoms with van der Waals surface area (Å²) >= 11 is 0. The second kappa shape index (κ2) is 3.88. The predicted octanol–water partition coefficient (Wildman–Crippen LogP) is 1.63. The Kier molecular flexibility index (Phi) is 2.84. The molecule has 0 unspecified atom stereocenters. The van der Waals surface area contributed by atoms with Crippen LogP contribution in [0.1, 0.15) is 10.4 Å². The van der Waals surface area contributed by atoms with Crippen LogP contribution in [-0.4, -0.2) is 17.9 Å². The van der Waals surface area contributed by atoms with Crippen molar-refractivity contribution in [2.45, 2.75) is 6.61 Å². The molecule has 0 atom stereocenters. The maximum Gasteiger partial charge on any atom is 0.388 e. The van der Waals surface area contributed by atoms with Gasteiger partial charge in [-0.05, 0) is 6.07 Å². The van der Waals surface area contributed by atoms with Gasteiger partial charge >= 0.3 is 6.61 Å². The molecule has 0 radical (unpaired) electrons. The number of aldehydes is 1. The van der Waals surface area contributed by atoms with Crippen LogP contribution in [0, 0.1) is 5.82 Å². The molecule has 1 rings (SSSR count). The van der Waals surface area contributed by atoms with E-state index in [4.69, 9.17) is 0 Å². The number of carbonyl (C=O) groups excluding carboxylic acids is 1. The number of ether oxygens (including phenoxy) is 1. The van der Waals surface area contributed by atoms with Gasteiger partial charge in [0.25, 0.3) is 0 Å². The zero-order chi connectivity index (χ0) is 9.84. The van der Waals surface area contributed by atoms with Gasteiger partial charge in [0, 0.05) is 0 Å². The highest BCUT2D eigenvalue weighted by Crippen LogP contribution is 2.15. The van der Waals surface area contributed by atoms with E-state index in [-0.39, 0.29) is 11.8 Å². The topological polar surface area (TPSA) is 39.2 Å². The average molecular weight is 191 g/mol. The molecule has 0 aliphatic rings. The van der Waals surface area contributed by atoms with Crippen molar-refractivity contribution in [3.05, 3.63) is 23.6 Å². The van der Waals surface area contributed by atoms with Crippen LogP contribution in [0.25, 0.3) is 0 Å². The first kappa shape index (κ1) is 9.50. The zero-order valence-electron chi connectivity index (χ0n) is 6.21. The van der Waals surface area contributed by atoms with Crippen LogP contribution >= 0.6 is 0 Å². The van der Waals surface area contributed by atoms with E-state index in [9.17, 15) is 18.0 Å². The highest BCUT2D eigenvalue weighted by atomic mass is 19.3. The molecular weight excluding hydrogens is 187 g/mol. The Bertz CT molecular complexity index is 317. The highest BCUT2D eigenvalue weighted by Gasteiger charge is 2.11. The van der Waals surface area contributed by atoms with E-state index in [1.54, 1.807) is 0 Å². The van der Waals surface area contributed by atoms with E-state index in [1.165, 1.54) is 0 Å². The second-order valence-electron chi connectivity index (χ2n) is 2.04. The molecule has 0 N–H and O–H groups in total. The van der Waals surface area contributed by atoms with Gasteiger partial charge in [-0.25, -0.2) is 9.37 Å². The lowest BCUT2D eigenvalue weighted by Gasteiger charge is -2.04. The largest absolute Gasteiger partial charge is 0.416 e. The number of aromatic nitrogens is 1. The maximum atomic E-state index is 12.4. The lowest BCUT2D eigenvalue weighted by atomic mass is 10.3. The van der Waals surface area contributed by atoms with Crippen LogP contribution in [0.5, 0.6) is 5.88 Å². The van der Waals surface area contributed by atoms with Gasteiger partial charge < -0.3 is 4.74 Å². The van der Waals surface area contributed by atoms with Gasteiger partial charge in [-0.2, -0.15) is 8.78 Å². The molecule has 6 heteroatoms. The molecule has 0 aromatic carbocycles. The van der Waals surface area contributed by atoms with Crippen LogP contribution in [-0.2, 0) is 0 Å². The first-order valence-corrected chi connectivity index (χ1v) is 3.19. The number of pyridine rings is 1. The summed E-state index contributed by atoms with van der Waals surface area (Å²) in [5, 5.41) is 0. The Morgan fingerprint density at radius 2 is 2.23 bits per heavy atom. The van der Waals surface area contributed by atoms with E-state index in [0.29, 0.717) is 6.20 Å². The molecule has 70 valence electrons. The number of carbonyl (C=O) groups is 1. The molecule has 0 saturated carbocycles. The van der Waals surface area contributed by atoms with Crippen LogP contribution in [0.2, 0.25) is 0 Å². The number of halogens is 3. The summed E-state index contributed by atoms with van der Waals surface area (Å²) in [5.74, 6) is -1.37. The van der Waals surface area contributed by atoms with Gasteiger partial charge in [-0.3, -0.25) is 4.79 Å². The lowest BCUT2D eigenvalue weighted by Crippen LogP contribution is -2.06. The van der Waals surface area contributed by atoms with E-state index in [2.05, 4.69) is 9.72 Å². The Balaban J connectivity index is 2.99. The molecule has 0 saturated heterocycles. The van der Waals surface area contributed by atoms with E-state index in [0.717, 1.165) is 6.07 Å². The number of alkyl halides is 2. The van der Waals surface area contributed by atoms with Crippen molar-refractivity contribution in [1.82, 2.24) is 4.98 Å². The predicted molar refractivity (Wildman–Crippen MR) is 36.2 cm³/mol. The van der Waals surface area contributed by atoms with Crippen LogP contribution in [0.3, 0.4) is 0 Å². The van der Waals surface area contributed by atoms with E-state index < -0.39 is 18.3 Å². The first-order chi connectivity index (χ1) is 6.13. The quantitative estimate of drug-likeness (QED) is 0.681. The molecule has 0 aliphatic carbocycles. The summed E-state index contributed by atoms with van der Waals surface area (Å²) in [6.45, 7) is -3.09. The smallest absolute Gasteiger partial charge is 0.388 e. The summed E-state index contributed by atoms with van der Waals surface area (Å²) in [5.41, 5.74) is -0.347. The monoisotopic (exact) mass is 191 g/mol. The number of rotatable bonds is 3. The Morgan fingerprint density at radius 3 is 2.77 bits per heavy atom. The molecule has 13 heavy (non-hydrogen) atoms. The molecule has 0 spiro atoms. The van der Waals surface area contributed by atoms with Crippen LogP contribution in [0.4, 0.5) is 13.2 Å². The van der Waals surface area contributed by atoms with E-state index in [1.807, 2.05) is 0 Å². The van der Waals surface area contributed by atoms with Crippen molar-refractivity contribution in [1.29, 1.82) is 0 Å². The number of nitrogens with zero attached hydrogens (tertiary/aromatic N) is 1. The van der Waals surface area contributed by atoms with Crippen molar-refractivity contribution >= 4 is 6.29 Å². The third-order valence-electron chi connectivity index (χ3n) is 1.17. The third-order valence-corrected chi connectivity index (χ3v) is 1.17. The maximum absolute atomic E-state index is 12.4. The van der Waals surface area contributed by atoms with Crippen LogP contribution < -0.4 is 4.74 Å². The minimum absolute atomic E-state index is 0.188. The SMILES string of the molecule is O=Cc1cc(F)cnc1OC(F)F. The molecule has 0 amide bonds. The summed E-state index contributed by atoms with van der Waals surface area (Å²) in [6, 6.07) is 0.762. The fourth-order valence-corrected chi connectivity index (χ4v) is 0.710. The van der Waals surface area contributed by atoms with Crippen molar-refractivity contribution in [2.75, 3.05) is 0 Å². The third kappa shape index (κ3) is 2.43. The minimum atomic E-state index is -3.09. The summed E-state index contributed by atoms with van der Waals surface area (Å²) in [7, 11) is 0. The Morgan fingerprint density at radius 1 is 1.54 bits per heavy atom. The van der Waals surface area contributed by atoms with Crippen molar-refractivity contribution in [3.8, 4) is 5.88 Å². The molecule has 1 aromatic heterocycles. The van der Waals surface area contributed by atoms with Gasteiger partial charge in [0.05, 0.1) is 11.8 Å². The molecular formula is C7H4F3NO2. The number of hydrogen-bond donors (Lipinski definition) is 0. The van der Waals surface area contributed by atoms with Gasteiger partial charge in [-0.1, -0.05) is 0 Å². The molecule has 0 fully saturated rings. The van der Waals surface area contributed by atoms with Gasteiger partial charge in [0.2, 0.25) is 5.88 Å². The normalized spacial score (nSPS) is 10.2. The van der Waals surface area contributed by atoms with Crippen LogP contribution in [0.15, 0.2) is 12.3 Å². The molecule has 0 aliphatic heterocycles. The molecule has 0 bridgehead atoms. The fourth-order valence-electron chi connectivity index (χ4n) is 0.710. The van der Waals surface area contributed by atoms with E-state index >= 15 is 0 Å². The summed E-state index contributed by atoms with van der Waals surface area (Å²) in [4.78, 5) is 13.4. The van der Waals surface area contributed by atoms with Crippen molar-refractivity contribution in [3.63, 3.8) is 0 Å². The summed E-state index contributed by atoms with van der Waals surface area (Å²) in [6.07, 6.45) is 0.874. The highest BCUT2D eigenvalue weighted by molar-refractivity contribution is 5.77. The average Bonchev–Trinajstić information content (AvgIpc) is 2.07. The number of hydrogen-bond acceptors (Lipinski definition) is 3. The van der Waals surface area contributed by atoms with Gasteiger partial charge in [0.1, 0.15) is 5.82 Å². The first-order valence-electron chi connectivity index (χ1n) is 3.19. The summed E-state index contributed by atoms with van der Waals surface area (Å²) < 4.78 is 39.6. The molecule has 3 nitrogen and oxygen atoms in total. The van der Waals surface area contributed by atoms with Gasteiger partial charge in [-0.15, -0.1) is 0 Å². The van der Waals surface area contributed by atoms with Crippen molar-refractivity contribution < 1.29 is 22.7 Å². The Hall–Kier alpha value is -1.59. The van der Waals surface area contributed by atoms with Gasteiger partial charge in [0.15, 0.2) is 6.29 Å². The second-order valence-corrected chi connectivity index (χ2v) is 2.04. The lowest BCUT2D eigenvalue weighted by molar-refractivity contribution is -0.0531. The molecule has 1 aromatic rings.